The lowest BCUT2D eigenvalue weighted by atomic mass is 9.83. The van der Waals surface area contributed by atoms with Crippen molar-refractivity contribution in [2.75, 3.05) is 7.11 Å². The zero-order valence-corrected chi connectivity index (χ0v) is 13.4. The van der Waals surface area contributed by atoms with Gasteiger partial charge in [0, 0.05) is 21.5 Å². The Labute approximate surface area is 122 Å². The lowest BCUT2D eigenvalue weighted by Gasteiger charge is -2.26. The summed E-state index contributed by atoms with van der Waals surface area (Å²) in [7, 11) is 1.61. The van der Waals surface area contributed by atoms with Crippen LogP contribution >= 0.6 is 15.9 Å². The molecule has 0 radical (unpaired) electrons. The number of hydrogen-bond acceptors (Lipinski definition) is 3. The zero-order valence-electron chi connectivity index (χ0n) is 11.8. The van der Waals surface area contributed by atoms with Crippen LogP contribution in [-0.4, -0.2) is 13.0 Å². The third-order valence-electron chi connectivity index (χ3n) is 3.31. The minimum Gasteiger partial charge on any atom is -0.496 e. The molecule has 0 aromatic heterocycles. The van der Waals surface area contributed by atoms with Gasteiger partial charge >= 0.3 is 0 Å². The minimum atomic E-state index is -0.651. The van der Waals surface area contributed by atoms with E-state index in [2.05, 4.69) is 15.9 Å². The Bertz CT molecular complexity index is 487. The van der Waals surface area contributed by atoms with Crippen molar-refractivity contribution in [3.8, 4) is 5.75 Å². The van der Waals surface area contributed by atoms with E-state index in [-0.39, 0.29) is 11.9 Å². The van der Waals surface area contributed by atoms with Crippen molar-refractivity contribution >= 4 is 21.8 Å². The standard InChI is InChI=1S/C14H21BrN2O2/c1-8-5-12(19-4)9(6-10(8)15)11(16)7-14(2,3)13(17)18/h5-6,11H,7,16H2,1-4H3,(H2,17,18). The molecule has 1 aromatic rings. The number of carbonyl (C=O) groups is 1. The molecule has 1 amide bonds. The number of methoxy groups -OCH3 is 1. The van der Waals surface area contributed by atoms with Crippen molar-refractivity contribution in [3.05, 3.63) is 27.7 Å². The summed E-state index contributed by atoms with van der Waals surface area (Å²) in [4.78, 5) is 11.4. The zero-order chi connectivity index (χ0) is 14.8. The van der Waals surface area contributed by atoms with Gasteiger partial charge in [0.1, 0.15) is 5.75 Å². The first-order chi connectivity index (χ1) is 8.69. The number of hydrogen-bond donors (Lipinski definition) is 2. The van der Waals surface area contributed by atoms with Crippen molar-refractivity contribution in [1.29, 1.82) is 0 Å². The van der Waals surface area contributed by atoms with Crippen LogP contribution in [0.4, 0.5) is 0 Å². The molecular formula is C14H21BrN2O2. The number of carbonyl (C=O) groups excluding carboxylic acids is 1. The molecule has 0 aliphatic rings. The molecule has 19 heavy (non-hydrogen) atoms. The van der Waals surface area contributed by atoms with Gasteiger partial charge in [0.15, 0.2) is 0 Å². The fourth-order valence-corrected chi connectivity index (χ4v) is 2.26. The summed E-state index contributed by atoms with van der Waals surface area (Å²) in [5.74, 6) is 0.376. The maximum Gasteiger partial charge on any atom is 0.223 e. The largest absolute Gasteiger partial charge is 0.496 e. The molecule has 106 valence electrons. The Morgan fingerprint density at radius 3 is 2.53 bits per heavy atom. The highest BCUT2D eigenvalue weighted by Crippen LogP contribution is 2.35. The number of amides is 1. The van der Waals surface area contributed by atoms with Crippen LogP contribution in [0.5, 0.6) is 5.75 Å². The second-order valence-electron chi connectivity index (χ2n) is 5.40. The van der Waals surface area contributed by atoms with Crippen LogP contribution in [0.3, 0.4) is 0 Å². The van der Waals surface area contributed by atoms with Crippen molar-refractivity contribution in [2.24, 2.45) is 16.9 Å². The number of halogens is 1. The van der Waals surface area contributed by atoms with Gasteiger partial charge in [0.05, 0.1) is 7.11 Å². The van der Waals surface area contributed by atoms with Crippen LogP contribution in [0, 0.1) is 12.3 Å². The van der Waals surface area contributed by atoms with Gasteiger partial charge in [-0.2, -0.15) is 0 Å². The van der Waals surface area contributed by atoms with Crippen molar-refractivity contribution in [3.63, 3.8) is 0 Å². The van der Waals surface area contributed by atoms with Gasteiger partial charge in [-0.05, 0) is 31.0 Å². The van der Waals surface area contributed by atoms with E-state index in [0.717, 1.165) is 21.3 Å². The second kappa shape index (κ2) is 5.92. The van der Waals surface area contributed by atoms with E-state index in [1.807, 2.05) is 19.1 Å². The number of aryl methyl sites for hydroxylation is 1. The van der Waals surface area contributed by atoms with Crippen molar-refractivity contribution < 1.29 is 9.53 Å². The van der Waals surface area contributed by atoms with Crippen LogP contribution in [-0.2, 0) is 4.79 Å². The summed E-state index contributed by atoms with van der Waals surface area (Å²) in [6, 6.07) is 3.56. The van der Waals surface area contributed by atoms with Crippen LogP contribution < -0.4 is 16.2 Å². The van der Waals surface area contributed by atoms with E-state index >= 15 is 0 Å². The van der Waals surface area contributed by atoms with Crippen LogP contribution in [0.2, 0.25) is 0 Å². The van der Waals surface area contributed by atoms with E-state index in [1.165, 1.54) is 0 Å². The molecule has 0 bridgehead atoms. The Balaban J connectivity index is 3.09. The van der Waals surface area contributed by atoms with Gasteiger partial charge in [-0.1, -0.05) is 29.8 Å². The van der Waals surface area contributed by atoms with Crippen LogP contribution in [0.25, 0.3) is 0 Å². The monoisotopic (exact) mass is 328 g/mol. The van der Waals surface area contributed by atoms with E-state index in [9.17, 15) is 4.79 Å². The topological polar surface area (TPSA) is 78.3 Å². The third-order valence-corrected chi connectivity index (χ3v) is 4.16. The first-order valence-electron chi connectivity index (χ1n) is 6.08. The number of rotatable bonds is 5. The smallest absolute Gasteiger partial charge is 0.223 e. The lowest BCUT2D eigenvalue weighted by molar-refractivity contribution is -0.126. The molecule has 1 unspecified atom stereocenters. The van der Waals surface area contributed by atoms with Crippen LogP contribution in [0.15, 0.2) is 16.6 Å². The molecular weight excluding hydrogens is 308 g/mol. The Hall–Kier alpha value is -1.07. The van der Waals surface area contributed by atoms with Gasteiger partial charge in [0.2, 0.25) is 5.91 Å². The Morgan fingerprint density at radius 1 is 1.47 bits per heavy atom. The molecule has 5 heteroatoms. The summed E-state index contributed by atoms with van der Waals surface area (Å²) in [5, 5.41) is 0. The summed E-state index contributed by atoms with van der Waals surface area (Å²) < 4.78 is 6.33. The molecule has 0 spiro atoms. The van der Waals surface area contributed by atoms with Gasteiger partial charge in [-0.25, -0.2) is 0 Å². The maximum atomic E-state index is 11.4. The molecule has 0 saturated carbocycles. The first-order valence-corrected chi connectivity index (χ1v) is 6.88. The number of ether oxygens (including phenoxy) is 1. The second-order valence-corrected chi connectivity index (χ2v) is 6.26. The molecule has 0 heterocycles. The van der Waals surface area contributed by atoms with E-state index in [1.54, 1.807) is 21.0 Å². The average molecular weight is 329 g/mol. The highest BCUT2D eigenvalue weighted by Gasteiger charge is 2.29. The van der Waals surface area contributed by atoms with E-state index < -0.39 is 5.41 Å². The Kier molecular flexibility index (Phi) is 4.98. The lowest BCUT2D eigenvalue weighted by Crippen LogP contribution is -2.34. The predicted octanol–water partition coefficient (Wildman–Crippen LogP) is 2.67. The van der Waals surface area contributed by atoms with Gasteiger partial charge in [-0.15, -0.1) is 0 Å². The van der Waals surface area contributed by atoms with Gasteiger partial charge < -0.3 is 16.2 Å². The summed E-state index contributed by atoms with van der Waals surface area (Å²) in [6.45, 7) is 5.57. The molecule has 0 aliphatic carbocycles. The molecule has 1 aromatic carbocycles. The number of primary amides is 1. The first kappa shape index (κ1) is 16.0. The quantitative estimate of drug-likeness (QED) is 0.872. The molecule has 1 rings (SSSR count). The predicted molar refractivity (Wildman–Crippen MR) is 80.0 cm³/mol. The number of benzene rings is 1. The summed E-state index contributed by atoms with van der Waals surface area (Å²) in [5.41, 5.74) is 12.9. The van der Waals surface area contributed by atoms with Crippen molar-refractivity contribution in [2.45, 2.75) is 33.2 Å². The molecule has 0 aliphatic heterocycles. The van der Waals surface area contributed by atoms with Gasteiger partial charge in [0.25, 0.3) is 0 Å². The summed E-state index contributed by atoms with van der Waals surface area (Å²) in [6.07, 6.45) is 0.466. The third kappa shape index (κ3) is 3.70. The van der Waals surface area contributed by atoms with E-state index in [0.29, 0.717) is 6.42 Å². The highest BCUT2D eigenvalue weighted by molar-refractivity contribution is 9.10. The minimum absolute atomic E-state index is 0.311. The SMILES string of the molecule is COc1cc(C)c(Br)cc1C(N)CC(C)(C)C(N)=O. The fraction of sp³-hybridized carbons (Fsp3) is 0.500. The normalized spacial score (nSPS) is 13.2. The summed E-state index contributed by atoms with van der Waals surface area (Å²) >= 11 is 3.48. The van der Waals surface area contributed by atoms with Crippen LogP contribution in [0.1, 0.15) is 37.4 Å². The molecule has 1 atom stereocenters. The van der Waals surface area contributed by atoms with Crippen molar-refractivity contribution in [1.82, 2.24) is 0 Å². The average Bonchev–Trinajstić information content (AvgIpc) is 2.31. The molecule has 4 nitrogen and oxygen atoms in total. The molecule has 0 fully saturated rings. The Morgan fingerprint density at radius 2 is 2.05 bits per heavy atom. The van der Waals surface area contributed by atoms with E-state index in [4.69, 9.17) is 16.2 Å². The fourth-order valence-electron chi connectivity index (χ4n) is 1.90. The van der Waals surface area contributed by atoms with Gasteiger partial charge in [-0.3, -0.25) is 4.79 Å². The molecule has 0 saturated heterocycles. The molecule has 4 N–H and O–H groups in total. The number of nitrogens with two attached hydrogens (primary N) is 2. The maximum absolute atomic E-state index is 11.4. The highest BCUT2D eigenvalue weighted by atomic mass is 79.9.